The first-order valence-electron chi connectivity index (χ1n) is 9.73. The van der Waals surface area contributed by atoms with Gasteiger partial charge in [0.2, 0.25) is 0 Å². The topological polar surface area (TPSA) is 9.23 Å². The van der Waals surface area contributed by atoms with E-state index in [1.54, 1.807) is 7.11 Å². The van der Waals surface area contributed by atoms with Crippen LogP contribution in [0.2, 0.25) is 0 Å². The fraction of sp³-hybridized carbons (Fsp3) is 0.565. The molecule has 2 fully saturated rings. The molecule has 1 nitrogen and oxygen atoms in total. The molecule has 1 heteroatoms. The van der Waals surface area contributed by atoms with Gasteiger partial charge in [0.1, 0.15) is 5.75 Å². The molecule has 0 bridgehead atoms. The van der Waals surface area contributed by atoms with Crippen LogP contribution in [0.4, 0.5) is 0 Å². The average Bonchev–Trinajstić information content (AvgIpc) is 2.67. The Morgan fingerprint density at radius 3 is 1.83 bits per heavy atom. The van der Waals surface area contributed by atoms with E-state index < -0.39 is 0 Å². The van der Waals surface area contributed by atoms with Crippen LogP contribution in [0, 0.1) is 17.8 Å². The van der Waals surface area contributed by atoms with Gasteiger partial charge < -0.3 is 4.74 Å². The first-order chi connectivity index (χ1) is 11.8. The lowest BCUT2D eigenvalue weighted by atomic mass is 9.77. The number of benzene rings is 1. The second-order valence-electron chi connectivity index (χ2n) is 7.68. The quantitative estimate of drug-likeness (QED) is 0.528. The van der Waals surface area contributed by atoms with E-state index in [4.69, 9.17) is 4.74 Å². The van der Waals surface area contributed by atoms with Gasteiger partial charge in [-0.05, 0) is 92.7 Å². The number of hydrogen-bond acceptors (Lipinski definition) is 1. The zero-order valence-electron chi connectivity index (χ0n) is 15.1. The van der Waals surface area contributed by atoms with Crippen LogP contribution in [-0.4, -0.2) is 7.11 Å². The summed E-state index contributed by atoms with van der Waals surface area (Å²) in [6, 6.07) is 8.69. The van der Waals surface area contributed by atoms with Crippen molar-refractivity contribution in [3.8, 4) is 5.75 Å². The van der Waals surface area contributed by atoms with Crippen molar-refractivity contribution >= 4 is 0 Å². The van der Waals surface area contributed by atoms with Gasteiger partial charge in [0.05, 0.1) is 7.11 Å². The maximum atomic E-state index is 5.26. The lowest BCUT2D eigenvalue weighted by molar-refractivity contribution is 0.349. The van der Waals surface area contributed by atoms with Gasteiger partial charge >= 0.3 is 0 Å². The van der Waals surface area contributed by atoms with E-state index in [0.717, 1.165) is 29.4 Å². The fourth-order valence-corrected chi connectivity index (χ4v) is 4.41. The highest BCUT2D eigenvalue weighted by Crippen LogP contribution is 2.37. The minimum Gasteiger partial charge on any atom is -0.497 e. The van der Waals surface area contributed by atoms with Crippen LogP contribution in [0.1, 0.15) is 65.7 Å². The third-order valence-corrected chi connectivity index (χ3v) is 6.16. The van der Waals surface area contributed by atoms with E-state index in [2.05, 4.69) is 49.1 Å². The van der Waals surface area contributed by atoms with E-state index in [9.17, 15) is 0 Å². The number of ether oxygens (including phenoxy) is 1. The first kappa shape index (κ1) is 17.3. The molecule has 0 aliphatic heterocycles. The molecule has 0 unspecified atom stereocenters. The molecule has 2 aliphatic carbocycles. The number of methoxy groups -OCH3 is 1. The number of rotatable bonds is 5. The van der Waals surface area contributed by atoms with Gasteiger partial charge in [0.25, 0.3) is 0 Å². The van der Waals surface area contributed by atoms with Crippen LogP contribution in [0.25, 0.3) is 0 Å². The van der Waals surface area contributed by atoms with Crippen molar-refractivity contribution in [2.45, 2.75) is 57.3 Å². The summed E-state index contributed by atoms with van der Waals surface area (Å²) in [6.45, 7) is 3.95. The van der Waals surface area contributed by atoms with Gasteiger partial charge in [0.15, 0.2) is 0 Å². The Labute approximate surface area is 150 Å². The molecule has 3 rings (SSSR count). The number of allylic oxidation sites excluding steroid dienone is 3. The zero-order chi connectivity index (χ0) is 16.8. The van der Waals surface area contributed by atoms with Crippen LogP contribution in [0.5, 0.6) is 5.75 Å². The second kappa shape index (κ2) is 8.55. The second-order valence-corrected chi connectivity index (χ2v) is 7.68. The van der Waals surface area contributed by atoms with Crippen molar-refractivity contribution in [2.24, 2.45) is 17.8 Å². The summed E-state index contributed by atoms with van der Waals surface area (Å²) in [5.41, 5.74) is 1.49. The van der Waals surface area contributed by atoms with Gasteiger partial charge in [-0.15, -0.1) is 6.58 Å². The zero-order valence-corrected chi connectivity index (χ0v) is 15.1. The Morgan fingerprint density at radius 2 is 1.33 bits per heavy atom. The Kier molecular flexibility index (Phi) is 6.18. The molecule has 0 saturated heterocycles. The van der Waals surface area contributed by atoms with E-state index in [1.165, 1.54) is 56.9 Å². The van der Waals surface area contributed by atoms with Gasteiger partial charge in [-0.3, -0.25) is 0 Å². The molecule has 134 valence electrons. The highest BCUT2D eigenvalue weighted by Gasteiger charge is 2.22. The Balaban J connectivity index is 0.00000169. The molecule has 1 aromatic rings. The molecule has 0 spiro atoms. The summed E-state index contributed by atoms with van der Waals surface area (Å²) in [6.07, 6.45) is 18.0. The standard InChI is InChI=1S/C23H32O.2H2/c1-3-18-4-6-19(7-5-18)8-9-20-10-12-21(13-11-20)22-14-16-23(24-2)17-15-22;;/h3,8-9,14-21H,1,4-7,10-13H2,2H3;2*1H/b9-8+;;. The molecule has 0 N–H and O–H groups in total. The monoisotopic (exact) mass is 328 g/mol. The van der Waals surface area contributed by atoms with E-state index >= 15 is 0 Å². The van der Waals surface area contributed by atoms with Gasteiger partial charge in [-0.1, -0.05) is 30.4 Å². The van der Waals surface area contributed by atoms with Gasteiger partial charge in [-0.2, -0.15) is 0 Å². The lowest BCUT2D eigenvalue weighted by Crippen LogP contribution is -2.13. The Hall–Kier alpha value is -1.50. The normalized spacial score (nSPS) is 31.0. The molecule has 0 heterocycles. The smallest absolute Gasteiger partial charge is 0.118 e. The minimum atomic E-state index is 0. The summed E-state index contributed by atoms with van der Waals surface area (Å²) in [5, 5.41) is 0. The highest BCUT2D eigenvalue weighted by atomic mass is 16.5. The summed E-state index contributed by atoms with van der Waals surface area (Å²) >= 11 is 0. The summed E-state index contributed by atoms with van der Waals surface area (Å²) in [7, 11) is 1.73. The fourth-order valence-electron chi connectivity index (χ4n) is 4.41. The molecule has 0 radical (unpaired) electrons. The average molecular weight is 329 g/mol. The van der Waals surface area contributed by atoms with Crippen molar-refractivity contribution in [3.05, 3.63) is 54.6 Å². The molecule has 0 amide bonds. The van der Waals surface area contributed by atoms with Crippen LogP contribution < -0.4 is 4.74 Å². The molecular weight excluding hydrogens is 292 g/mol. The lowest BCUT2D eigenvalue weighted by Gasteiger charge is -2.28. The summed E-state index contributed by atoms with van der Waals surface area (Å²) in [4.78, 5) is 0. The van der Waals surface area contributed by atoms with Crippen LogP contribution in [0.3, 0.4) is 0 Å². The van der Waals surface area contributed by atoms with Crippen molar-refractivity contribution in [2.75, 3.05) is 7.11 Å². The Morgan fingerprint density at radius 1 is 0.833 bits per heavy atom. The van der Waals surface area contributed by atoms with Crippen molar-refractivity contribution in [1.29, 1.82) is 0 Å². The third-order valence-electron chi connectivity index (χ3n) is 6.16. The molecule has 2 saturated carbocycles. The number of hydrogen-bond donors (Lipinski definition) is 0. The predicted molar refractivity (Wildman–Crippen MR) is 107 cm³/mol. The molecule has 24 heavy (non-hydrogen) atoms. The predicted octanol–water partition coefficient (Wildman–Crippen LogP) is 7.01. The third kappa shape index (κ3) is 4.53. The Bertz CT molecular complexity index is 536. The molecule has 2 aliphatic rings. The van der Waals surface area contributed by atoms with Crippen LogP contribution in [0.15, 0.2) is 49.1 Å². The first-order valence-corrected chi connectivity index (χ1v) is 9.73. The molecular formula is C23H36O. The van der Waals surface area contributed by atoms with E-state index in [0.29, 0.717) is 0 Å². The maximum absolute atomic E-state index is 5.26. The summed E-state index contributed by atoms with van der Waals surface area (Å²) in [5.74, 6) is 4.09. The SMILES string of the molecule is C=CC1CCC(/C=C/C2CCC(c3ccc(OC)cc3)CC2)CC1.[HH].[HH]. The van der Waals surface area contributed by atoms with E-state index in [1.807, 2.05) is 0 Å². The highest BCUT2D eigenvalue weighted by molar-refractivity contribution is 5.29. The largest absolute Gasteiger partial charge is 0.497 e. The molecule has 1 aromatic carbocycles. The minimum absolute atomic E-state index is 0. The van der Waals surface area contributed by atoms with Gasteiger partial charge in [0, 0.05) is 2.85 Å². The van der Waals surface area contributed by atoms with E-state index in [-0.39, 0.29) is 2.85 Å². The molecule has 0 atom stereocenters. The van der Waals surface area contributed by atoms with Crippen molar-refractivity contribution in [3.63, 3.8) is 0 Å². The van der Waals surface area contributed by atoms with Crippen molar-refractivity contribution < 1.29 is 7.59 Å². The summed E-state index contributed by atoms with van der Waals surface area (Å²) < 4.78 is 5.26. The van der Waals surface area contributed by atoms with Crippen LogP contribution in [-0.2, 0) is 0 Å². The van der Waals surface area contributed by atoms with Crippen LogP contribution >= 0.6 is 0 Å². The van der Waals surface area contributed by atoms with Gasteiger partial charge in [-0.25, -0.2) is 0 Å². The molecule has 0 aromatic heterocycles. The maximum Gasteiger partial charge on any atom is 0.118 e. The van der Waals surface area contributed by atoms with Crippen molar-refractivity contribution in [1.82, 2.24) is 0 Å².